The van der Waals surface area contributed by atoms with E-state index in [1.54, 1.807) is 0 Å². The van der Waals surface area contributed by atoms with Crippen molar-refractivity contribution in [2.45, 2.75) is 51.6 Å². The molecule has 1 saturated heterocycles. The van der Waals surface area contributed by atoms with Crippen molar-refractivity contribution in [3.63, 3.8) is 0 Å². The second-order valence-corrected chi connectivity index (χ2v) is 4.66. The van der Waals surface area contributed by atoms with E-state index in [1.807, 2.05) is 6.92 Å². The maximum absolute atomic E-state index is 10.8. The Hall–Kier alpha value is -1.43. The van der Waals surface area contributed by atoms with E-state index in [0.29, 0.717) is 18.3 Å². The Labute approximate surface area is 106 Å². The molecule has 6 nitrogen and oxygen atoms in total. The van der Waals surface area contributed by atoms with Crippen LogP contribution in [0.25, 0.3) is 0 Å². The molecule has 0 radical (unpaired) electrons. The van der Waals surface area contributed by atoms with Crippen molar-refractivity contribution in [3.8, 4) is 0 Å². The van der Waals surface area contributed by atoms with Gasteiger partial charge in [0, 0.05) is 12.5 Å². The van der Waals surface area contributed by atoms with Crippen LogP contribution < -0.4 is 0 Å². The van der Waals surface area contributed by atoms with E-state index in [1.165, 1.54) is 0 Å². The first-order valence-corrected chi connectivity index (χ1v) is 6.46. The molecule has 0 spiro atoms. The average molecular weight is 253 g/mol. The first-order valence-electron chi connectivity index (χ1n) is 6.46. The highest BCUT2D eigenvalue weighted by Crippen LogP contribution is 2.21. The largest absolute Gasteiger partial charge is 0.481 e. The third-order valence-electron chi connectivity index (χ3n) is 3.31. The van der Waals surface area contributed by atoms with Crippen LogP contribution >= 0.6 is 0 Å². The van der Waals surface area contributed by atoms with E-state index in [9.17, 15) is 4.79 Å². The van der Waals surface area contributed by atoms with Crippen molar-refractivity contribution in [1.29, 1.82) is 0 Å². The Morgan fingerprint density at radius 3 is 2.89 bits per heavy atom. The summed E-state index contributed by atoms with van der Waals surface area (Å²) in [7, 11) is 0. The molecule has 0 aliphatic carbocycles. The smallest absolute Gasteiger partial charge is 0.304 e. The maximum atomic E-state index is 10.8. The van der Waals surface area contributed by atoms with Crippen LogP contribution in [0.2, 0.25) is 0 Å². The second-order valence-electron chi connectivity index (χ2n) is 4.66. The topological polar surface area (TPSA) is 79.5 Å². The van der Waals surface area contributed by atoms with Gasteiger partial charge in [-0.05, 0) is 19.4 Å². The van der Waals surface area contributed by atoms with Crippen molar-refractivity contribution in [2.24, 2.45) is 0 Å². The minimum absolute atomic E-state index is 0.0910. The van der Waals surface area contributed by atoms with E-state index >= 15 is 0 Å². The molecular weight excluding hydrogens is 234 g/mol. The second kappa shape index (κ2) is 5.95. The van der Waals surface area contributed by atoms with Gasteiger partial charge in [0.25, 0.3) is 0 Å². The molecule has 1 aliphatic heterocycles. The number of carbonyl (C=O) groups is 1. The van der Waals surface area contributed by atoms with Gasteiger partial charge < -0.3 is 9.52 Å². The fourth-order valence-electron chi connectivity index (χ4n) is 2.37. The number of piperidine rings is 1. The van der Waals surface area contributed by atoms with Crippen LogP contribution in [0.15, 0.2) is 4.42 Å². The summed E-state index contributed by atoms with van der Waals surface area (Å²) in [5.41, 5.74) is 0. The number of carboxylic acids is 1. The summed E-state index contributed by atoms with van der Waals surface area (Å²) in [4.78, 5) is 13.0. The van der Waals surface area contributed by atoms with E-state index in [2.05, 4.69) is 15.1 Å². The Kier molecular flexibility index (Phi) is 4.30. The van der Waals surface area contributed by atoms with Crippen molar-refractivity contribution in [3.05, 3.63) is 11.8 Å². The van der Waals surface area contributed by atoms with E-state index in [0.717, 1.165) is 32.2 Å². The lowest BCUT2D eigenvalue weighted by molar-refractivity contribution is -0.138. The van der Waals surface area contributed by atoms with Crippen molar-refractivity contribution < 1.29 is 14.3 Å². The van der Waals surface area contributed by atoms with Crippen molar-refractivity contribution >= 4 is 5.97 Å². The van der Waals surface area contributed by atoms with Crippen LogP contribution in [0.4, 0.5) is 0 Å². The van der Waals surface area contributed by atoms with Gasteiger partial charge in [-0.25, -0.2) is 0 Å². The predicted molar refractivity (Wildman–Crippen MR) is 64.0 cm³/mol. The Balaban J connectivity index is 1.98. The van der Waals surface area contributed by atoms with Gasteiger partial charge in [0.15, 0.2) is 0 Å². The van der Waals surface area contributed by atoms with Gasteiger partial charge in [0.05, 0.1) is 13.0 Å². The van der Waals surface area contributed by atoms with E-state index in [-0.39, 0.29) is 12.5 Å². The molecule has 0 saturated carbocycles. The molecular formula is C12H19N3O3. The van der Waals surface area contributed by atoms with Gasteiger partial charge in [-0.2, -0.15) is 0 Å². The van der Waals surface area contributed by atoms with Crippen molar-refractivity contribution in [2.75, 3.05) is 6.54 Å². The number of aryl methyl sites for hydroxylation is 1. The van der Waals surface area contributed by atoms with Crippen LogP contribution in [0, 0.1) is 0 Å². The van der Waals surface area contributed by atoms with Gasteiger partial charge in [-0.15, -0.1) is 10.2 Å². The lowest BCUT2D eigenvalue weighted by Crippen LogP contribution is -2.40. The number of hydrogen-bond donors (Lipinski definition) is 1. The number of hydrogen-bond acceptors (Lipinski definition) is 5. The molecule has 1 N–H and O–H groups in total. The number of likely N-dealkylation sites (tertiary alicyclic amines) is 1. The highest BCUT2D eigenvalue weighted by Gasteiger charge is 2.25. The van der Waals surface area contributed by atoms with Crippen LogP contribution in [-0.2, 0) is 17.8 Å². The number of carboxylic acid groups (broad SMARTS) is 1. The lowest BCUT2D eigenvalue weighted by Gasteiger charge is -2.33. The Bertz CT molecular complexity index is 405. The summed E-state index contributed by atoms with van der Waals surface area (Å²) in [6, 6.07) is 0.0910. The zero-order chi connectivity index (χ0) is 13.0. The third-order valence-corrected chi connectivity index (χ3v) is 3.31. The molecule has 1 fully saturated rings. The molecule has 0 aromatic carbocycles. The minimum atomic E-state index is -0.744. The molecule has 2 rings (SSSR count). The summed E-state index contributed by atoms with van der Waals surface area (Å²) in [5, 5.41) is 16.8. The molecule has 1 atom stereocenters. The van der Waals surface area contributed by atoms with Crippen LogP contribution in [-0.4, -0.2) is 38.8 Å². The van der Waals surface area contributed by atoms with E-state index < -0.39 is 5.97 Å². The minimum Gasteiger partial charge on any atom is -0.481 e. The first-order chi connectivity index (χ1) is 8.69. The quantitative estimate of drug-likeness (QED) is 0.855. The number of rotatable bonds is 5. The molecule has 1 aromatic heterocycles. The molecule has 2 heterocycles. The fraction of sp³-hybridized carbons (Fsp3) is 0.750. The summed E-state index contributed by atoms with van der Waals surface area (Å²) >= 11 is 0. The highest BCUT2D eigenvalue weighted by atomic mass is 16.4. The molecule has 18 heavy (non-hydrogen) atoms. The normalized spacial score (nSPS) is 21.1. The summed E-state index contributed by atoms with van der Waals surface area (Å²) in [6.45, 7) is 3.43. The van der Waals surface area contributed by atoms with Gasteiger partial charge in [-0.3, -0.25) is 9.69 Å². The van der Waals surface area contributed by atoms with Gasteiger partial charge in [-0.1, -0.05) is 13.3 Å². The summed E-state index contributed by atoms with van der Waals surface area (Å²) in [6.07, 6.45) is 4.05. The number of aromatic nitrogens is 2. The van der Waals surface area contributed by atoms with E-state index in [4.69, 9.17) is 9.52 Å². The Morgan fingerprint density at radius 1 is 1.44 bits per heavy atom. The predicted octanol–water partition coefficient (Wildman–Crippen LogP) is 1.46. The highest BCUT2D eigenvalue weighted by molar-refractivity contribution is 5.67. The van der Waals surface area contributed by atoms with Crippen LogP contribution in [0.5, 0.6) is 0 Å². The monoisotopic (exact) mass is 253 g/mol. The zero-order valence-electron chi connectivity index (χ0n) is 10.6. The molecule has 6 heteroatoms. The zero-order valence-corrected chi connectivity index (χ0v) is 10.6. The standard InChI is InChI=1S/C12H19N3O3/c1-2-10-13-14-11(18-10)8-15-6-4-3-5-9(15)7-12(16)17/h9H,2-8H2,1H3,(H,16,17). The fourth-order valence-corrected chi connectivity index (χ4v) is 2.37. The molecule has 1 aromatic rings. The SMILES string of the molecule is CCc1nnc(CN2CCCCC2CC(=O)O)o1. The van der Waals surface area contributed by atoms with Gasteiger partial charge in [0.1, 0.15) is 0 Å². The van der Waals surface area contributed by atoms with Crippen LogP contribution in [0.1, 0.15) is 44.4 Å². The summed E-state index contributed by atoms with van der Waals surface area (Å²) in [5.74, 6) is 0.479. The Morgan fingerprint density at radius 2 is 2.22 bits per heavy atom. The third kappa shape index (κ3) is 3.29. The molecule has 1 aliphatic rings. The molecule has 100 valence electrons. The average Bonchev–Trinajstić information content (AvgIpc) is 2.79. The van der Waals surface area contributed by atoms with Gasteiger partial charge >= 0.3 is 5.97 Å². The number of aliphatic carboxylic acids is 1. The lowest BCUT2D eigenvalue weighted by atomic mass is 9.99. The molecule has 0 bridgehead atoms. The summed E-state index contributed by atoms with van der Waals surface area (Å²) < 4.78 is 5.48. The van der Waals surface area contributed by atoms with Crippen LogP contribution in [0.3, 0.4) is 0 Å². The van der Waals surface area contributed by atoms with Gasteiger partial charge in [0.2, 0.25) is 11.8 Å². The molecule has 1 unspecified atom stereocenters. The maximum Gasteiger partial charge on any atom is 0.304 e. The van der Waals surface area contributed by atoms with Crippen molar-refractivity contribution in [1.82, 2.24) is 15.1 Å². The first kappa shape index (κ1) is 13.0. The number of nitrogens with zero attached hydrogens (tertiary/aromatic N) is 3. The molecule has 0 amide bonds.